The number of aromatic amines is 1. The number of hydrogen-bond acceptors (Lipinski definition) is 4. The number of benzene rings is 1. The number of nitrogens with zero attached hydrogens (tertiary/aromatic N) is 3. The molecule has 0 saturated carbocycles. The number of pyridine rings is 1. The number of aromatic nitrogens is 3. The van der Waals surface area contributed by atoms with Gasteiger partial charge in [-0.25, -0.2) is 4.98 Å². The van der Waals surface area contributed by atoms with Crippen LogP contribution in [0.3, 0.4) is 0 Å². The lowest BCUT2D eigenvalue weighted by Gasteiger charge is -2.34. The van der Waals surface area contributed by atoms with Crippen LogP contribution in [-0.2, 0) is 6.42 Å². The van der Waals surface area contributed by atoms with Gasteiger partial charge in [0.1, 0.15) is 11.5 Å². The Morgan fingerprint density at radius 2 is 2.18 bits per heavy atom. The van der Waals surface area contributed by atoms with Gasteiger partial charge in [-0.1, -0.05) is 12.1 Å². The molecular weight excluding hydrogens is 350 g/mol. The van der Waals surface area contributed by atoms with E-state index in [2.05, 4.69) is 26.3 Å². The Morgan fingerprint density at radius 1 is 1.32 bits per heavy atom. The van der Waals surface area contributed by atoms with Crippen LogP contribution in [0.5, 0.6) is 0 Å². The normalized spacial score (nSPS) is 17.2. The number of carbonyl (C=O) groups excluding carboxylic acids is 1. The summed E-state index contributed by atoms with van der Waals surface area (Å²) in [5, 5.41) is 2.91. The highest BCUT2D eigenvalue weighted by Crippen LogP contribution is 2.26. The predicted molar refractivity (Wildman–Crippen MR) is 112 cm³/mol. The number of hydrogen-bond donors (Lipinski definition) is 2. The number of H-pyrrole nitrogens is 1. The number of para-hydroxylation sites is 2. The molecule has 1 saturated heterocycles. The number of piperidine rings is 1. The largest absolute Gasteiger partial charge is 0.371 e. The summed E-state index contributed by atoms with van der Waals surface area (Å²) in [5.74, 6) is 1.47. The Morgan fingerprint density at radius 3 is 3.00 bits per heavy atom. The van der Waals surface area contributed by atoms with E-state index in [1.165, 1.54) is 6.42 Å². The van der Waals surface area contributed by atoms with Crippen molar-refractivity contribution in [3.63, 3.8) is 0 Å². The molecule has 6 nitrogen and oxygen atoms in total. The molecule has 1 aromatic carbocycles. The maximum atomic E-state index is 12.3. The summed E-state index contributed by atoms with van der Waals surface area (Å²) in [6.45, 7) is 5.88. The highest BCUT2D eigenvalue weighted by molar-refractivity contribution is 5.93. The van der Waals surface area contributed by atoms with Crippen LogP contribution in [0.2, 0.25) is 0 Å². The monoisotopic (exact) mass is 377 g/mol. The molecule has 0 spiro atoms. The molecule has 3 aromatic rings. The van der Waals surface area contributed by atoms with E-state index in [1.54, 1.807) is 6.20 Å². The lowest BCUT2D eigenvalue weighted by Crippen LogP contribution is -2.37. The summed E-state index contributed by atoms with van der Waals surface area (Å²) >= 11 is 0. The first-order chi connectivity index (χ1) is 13.6. The molecule has 1 amide bonds. The van der Waals surface area contributed by atoms with Crippen molar-refractivity contribution < 1.29 is 4.79 Å². The van der Waals surface area contributed by atoms with Crippen LogP contribution in [0.15, 0.2) is 42.6 Å². The zero-order valence-electron chi connectivity index (χ0n) is 16.5. The minimum atomic E-state index is -0.118. The Balaban J connectivity index is 1.45. The van der Waals surface area contributed by atoms with E-state index in [0.29, 0.717) is 11.6 Å². The van der Waals surface area contributed by atoms with Gasteiger partial charge >= 0.3 is 0 Å². The summed E-state index contributed by atoms with van der Waals surface area (Å²) in [6.07, 6.45) is 5.00. The van der Waals surface area contributed by atoms with E-state index in [9.17, 15) is 4.79 Å². The Kier molecular flexibility index (Phi) is 5.28. The SMILES string of the molecule is CC(C)NC(=O)c1cc(N2CCCC(Cc3nc4ccccc4[nH]3)C2)ccn1. The van der Waals surface area contributed by atoms with E-state index in [4.69, 9.17) is 4.98 Å². The second kappa shape index (κ2) is 8.00. The smallest absolute Gasteiger partial charge is 0.270 e. The first-order valence-corrected chi connectivity index (χ1v) is 10.0. The average molecular weight is 377 g/mol. The number of anilines is 1. The fraction of sp³-hybridized carbons (Fsp3) is 0.409. The van der Waals surface area contributed by atoms with E-state index in [0.717, 1.165) is 48.5 Å². The van der Waals surface area contributed by atoms with Crippen LogP contribution in [0.25, 0.3) is 11.0 Å². The first kappa shape index (κ1) is 18.5. The van der Waals surface area contributed by atoms with Gasteiger partial charge in [-0.2, -0.15) is 0 Å². The number of amides is 1. The van der Waals surface area contributed by atoms with Gasteiger partial charge in [0.15, 0.2) is 0 Å². The average Bonchev–Trinajstić information content (AvgIpc) is 3.10. The Bertz CT molecular complexity index is 931. The van der Waals surface area contributed by atoms with E-state index < -0.39 is 0 Å². The summed E-state index contributed by atoms with van der Waals surface area (Å²) < 4.78 is 0. The molecule has 3 heterocycles. The van der Waals surface area contributed by atoms with Crippen molar-refractivity contribution in [2.75, 3.05) is 18.0 Å². The van der Waals surface area contributed by atoms with Crippen LogP contribution in [0.4, 0.5) is 5.69 Å². The van der Waals surface area contributed by atoms with Crippen molar-refractivity contribution in [2.45, 2.75) is 39.2 Å². The molecule has 1 aliphatic rings. The van der Waals surface area contributed by atoms with E-state index >= 15 is 0 Å². The van der Waals surface area contributed by atoms with Gasteiger partial charge in [-0.3, -0.25) is 9.78 Å². The fourth-order valence-corrected chi connectivity index (χ4v) is 3.92. The van der Waals surface area contributed by atoms with Gasteiger partial charge < -0.3 is 15.2 Å². The quantitative estimate of drug-likeness (QED) is 0.713. The standard InChI is InChI=1S/C22H27N5O/c1-15(2)24-22(28)20-13-17(9-10-23-20)27-11-5-6-16(14-27)12-21-25-18-7-3-4-8-19(18)26-21/h3-4,7-10,13,15-16H,5-6,11-12,14H2,1-2H3,(H,24,28)(H,25,26). The van der Waals surface area contributed by atoms with Crippen molar-refractivity contribution in [3.8, 4) is 0 Å². The summed E-state index contributed by atoms with van der Waals surface area (Å²) in [6, 6.07) is 12.2. The predicted octanol–water partition coefficient (Wildman–Crippen LogP) is 3.56. The maximum Gasteiger partial charge on any atom is 0.270 e. The topological polar surface area (TPSA) is 73.9 Å². The molecule has 0 bridgehead atoms. The van der Waals surface area contributed by atoms with Crippen LogP contribution in [0.1, 0.15) is 43.0 Å². The van der Waals surface area contributed by atoms with Crippen LogP contribution in [0, 0.1) is 5.92 Å². The van der Waals surface area contributed by atoms with Crippen molar-refractivity contribution >= 4 is 22.6 Å². The van der Waals surface area contributed by atoms with E-state index in [-0.39, 0.29) is 11.9 Å². The van der Waals surface area contributed by atoms with Crippen molar-refractivity contribution in [1.82, 2.24) is 20.3 Å². The molecule has 2 N–H and O–H groups in total. The third-order valence-corrected chi connectivity index (χ3v) is 5.20. The van der Waals surface area contributed by atoms with Gasteiger partial charge in [0, 0.05) is 37.4 Å². The van der Waals surface area contributed by atoms with E-state index in [1.807, 2.05) is 44.2 Å². The molecule has 146 valence electrons. The van der Waals surface area contributed by atoms with Gasteiger partial charge in [0.05, 0.1) is 11.0 Å². The molecule has 6 heteroatoms. The van der Waals surface area contributed by atoms with Crippen molar-refractivity contribution in [1.29, 1.82) is 0 Å². The zero-order chi connectivity index (χ0) is 19.5. The Labute approximate surface area is 165 Å². The number of nitrogens with one attached hydrogen (secondary N) is 2. The molecule has 28 heavy (non-hydrogen) atoms. The molecule has 1 aliphatic heterocycles. The molecule has 2 aromatic heterocycles. The number of fused-ring (bicyclic) bond motifs is 1. The molecule has 0 aliphatic carbocycles. The Hall–Kier alpha value is -2.89. The first-order valence-electron chi connectivity index (χ1n) is 10.0. The van der Waals surface area contributed by atoms with Crippen molar-refractivity contribution in [2.24, 2.45) is 5.92 Å². The molecular formula is C22H27N5O. The molecule has 0 radical (unpaired) electrons. The molecule has 1 atom stereocenters. The lowest BCUT2D eigenvalue weighted by molar-refractivity contribution is 0.0938. The highest BCUT2D eigenvalue weighted by Gasteiger charge is 2.22. The van der Waals surface area contributed by atoms with Gasteiger partial charge in [-0.15, -0.1) is 0 Å². The zero-order valence-corrected chi connectivity index (χ0v) is 16.5. The van der Waals surface area contributed by atoms with Crippen LogP contribution in [-0.4, -0.2) is 40.0 Å². The minimum absolute atomic E-state index is 0.0983. The highest BCUT2D eigenvalue weighted by atomic mass is 16.1. The lowest BCUT2D eigenvalue weighted by atomic mass is 9.94. The van der Waals surface area contributed by atoms with Gasteiger partial charge in [-0.05, 0) is 56.9 Å². The molecule has 1 unspecified atom stereocenters. The number of imidazole rings is 1. The summed E-state index contributed by atoms with van der Waals surface area (Å²) in [4.78, 5) is 27.1. The summed E-state index contributed by atoms with van der Waals surface area (Å²) in [5.41, 5.74) is 3.67. The van der Waals surface area contributed by atoms with Crippen LogP contribution >= 0.6 is 0 Å². The van der Waals surface area contributed by atoms with Gasteiger partial charge in [0.2, 0.25) is 0 Å². The second-order valence-electron chi connectivity index (χ2n) is 7.89. The third kappa shape index (κ3) is 4.16. The summed E-state index contributed by atoms with van der Waals surface area (Å²) in [7, 11) is 0. The van der Waals surface area contributed by atoms with Crippen LogP contribution < -0.4 is 10.2 Å². The van der Waals surface area contributed by atoms with Gasteiger partial charge in [0.25, 0.3) is 5.91 Å². The third-order valence-electron chi connectivity index (χ3n) is 5.20. The molecule has 4 rings (SSSR count). The maximum absolute atomic E-state index is 12.3. The molecule has 1 fully saturated rings. The number of carbonyl (C=O) groups is 1. The van der Waals surface area contributed by atoms with Crippen molar-refractivity contribution in [3.05, 3.63) is 54.1 Å². The number of rotatable bonds is 5. The minimum Gasteiger partial charge on any atom is -0.371 e. The second-order valence-corrected chi connectivity index (χ2v) is 7.89. The fourth-order valence-electron chi connectivity index (χ4n) is 3.92.